The van der Waals surface area contributed by atoms with Crippen LogP contribution in [0.1, 0.15) is 0 Å². The first-order chi connectivity index (χ1) is 17.0. The van der Waals surface area contributed by atoms with Crippen LogP contribution < -0.4 is 23.8 Å². The molecule has 3 aromatic rings. The molecule has 9 nitrogen and oxygen atoms in total. The maximum Gasteiger partial charge on any atom is 0.260 e. The van der Waals surface area contributed by atoms with Crippen molar-refractivity contribution in [2.75, 3.05) is 59.0 Å². The van der Waals surface area contributed by atoms with Crippen LogP contribution in [0, 0.1) is 5.82 Å². The smallest absolute Gasteiger partial charge is 0.260 e. The third-order valence-corrected chi connectivity index (χ3v) is 5.73. The number of hydrogen-bond acceptors (Lipinski definition) is 8. The molecule has 4 rings (SSSR count). The Morgan fingerprint density at radius 2 is 1.63 bits per heavy atom. The van der Waals surface area contributed by atoms with Gasteiger partial charge in [-0.1, -0.05) is 6.07 Å². The van der Waals surface area contributed by atoms with Crippen molar-refractivity contribution in [1.82, 2.24) is 15.1 Å². The molecule has 1 aliphatic rings. The van der Waals surface area contributed by atoms with Crippen LogP contribution in [0.5, 0.6) is 23.0 Å². The third-order valence-electron chi connectivity index (χ3n) is 5.73. The molecular weight excluding hydrogens is 455 g/mol. The van der Waals surface area contributed by atoms with Gasteiger partial charge in [0.2, 0.25) is 5.75 Å². The van der Waals surface area contributed by atoms with Crippen LogP contribution in [0.4, 0.5) is 10.2 Å². The number of anilines is 1. The lowest BCUT2D eigenvalue weighted by Gasteiger charge is -2.35. The molecule has 0 spiro atoms. The molecule has 35 heavy (non-hydrogen) atoms. The first-order valence-corrected chi connectivity index (χ1v) is 11.1. The van der Waals surface area contributed by atoms with Gasteiger partial charge in [0.1, 0.15) is 11.6 Å². The quantitative estimate of drug-likeness (QED) is 0.484. The molecule has 0 bridgehead atoms. The fourth-order valence-electron chi connectivity index (χ4n) is 3.85. The summed E-state index contributed by atoms with van der Waals surface area (Å²) in [6.45, 7) is 2.16. The Morgan fingerprint density at radius 1 is 0.914 bits per heavy atom. The monoisotopic (exact) mass is 482 g/mol. The van der Waals surface area contributed by atoms with Gasteiger partial charge in [-0.15, -0.1) is 10.2 Å². The Balaban J connectivity index is 1.36. The van der Waals surface area contributed by atoms with Crippen LogP contribution in [0.3, 0.4) is 0 Å². The molecule has 1 aromatic heterocycles. The molecule has 2 aromatic carbocycles. The van der Waals surface area contributed by atoms with Gasteiger partial charge in [-0.25, -0.2) is 4.39 Å². The van der Waals surface area contributed by atoms with E-state index in [0.29, 0.717) is 54.9 Å². The van der Waals surface area contributed by atoms with Gasteiger partial charge in [-0.2, -0.15) is 0 Å². The molecule has 0 radical (unpaired) electrons. The highest BCUT2D eigenvalue weighted by Crippen LogP contribution is 2.40. The number of halogens is 1. The van der Waals surface area contributed by atoms with Crippen LogP contribution in [-0.4, -0.2) is 75.1 Å². The Morgan fingerprint density at radius 3 is 2.20 bits per heavy atom. The van der Waals surface area contributed by atoms with E-state index < -0.39 is 5.82 Å². The molecule has 10 heteroatoms. The zero-order valence-electron chi connectivity index (χ0n) is 19.9. The molecule has 1 fully saturated rings. The number of aromatic nitrogens is 2. The highest BCUT2D eigenvalue weighted by Gasteiger charge is 2.23. The lowest BCUT2D eigenvalue weighted by molar-refractivity contribution is -0.133. The van der Waals surface area contributed by atoms with E-state index >= 15 is 0 Å². The summed E-state index contributed by atoms with van der Waals surface area (Å²) in [5.41, 5.74) is 1.45. The van der Waals surface area contributed by atoms with Crippen molar-refractivity contribution in [2.24, 2.45) is 0 Å². The average molecular weight is 483 g/mol. The molecule has 0 aliphatic carbocycles. The van der Waals surface area contributed by atoms with Crippen molar-refractivity contribution < 1.29 is 28.1 Å². The number of methoxy groups -OCH3 is 3. The van der Waals surface area contributed by atoms with Crippen molar-refractivity contribution >= 4 is 11.7 Å². The Bertz CT molecular complexity index is 1140. The van der Waals surface area contributed by atoms with Crippen molar-refractivity contribution in [3.05, 3.63) is 54.3 Å². The molecule has 1 aliphatic heterocycles. The maximum absolute atomic E-state index is 13.3. The fourth-order valence-corrected chi connectivity index (χ4v) is 3.85. The average Bonchev–Trinajstić information content (AvgIpc) is 2.91. The molecule has 1 saturated heterocycles. The third kappa shape index (κ3) is 5.53. The summed E-state index contributed by atoms with van der Waals surface area (Å²) in [7, 11) is 4.68. The summed E-state index contributed by atoms with van der Waals surface area (Å²) >= 11 is 0. The molecular formula is C25H27FN4O5. The van der Waals surface area contributed by atoms with Gasteiger partial charge < -0.3 is 28.7 Å². The lowest BCUT2D eigenvalue weighted by atomic mass is 10.1. The Labute approximate surface area is 203 Å². The van der Waals surface area contributed by atoms with Gasteiger partial charge in [0.25, 0.3) is 5.91 Å². The zero-order chi connectivity index (χ0) is 24.8. The lowest BCUT2D eigenvalue weighted by Crippen LogP contribution is -2.50. The van der Waals surface area contributed by atoms with Crippen LogP contribution in [0.2, 0.25) is 0 Å². The SMILES string of the molecule is COc1cc(-c2ccc(N3CCN(C(=O)COc4cccc(F)c4)CC3)nn2)cc(OC)c1OC. The van der Waals surface area contributed by atoms with E-state index in [2.05, 4.69) is 15.1 Å². The highest BCUT2D eigenvalue weighted by molar-refractivity contribution is 5.78. The Hall–Kier alpha value is -4.08. The number of hydrogen-bond donors (Lipinski definition) is 0. The first-order valence-electron chi connectivity index (χ1n) is 11.1. The number of rotatable bonds is 8. The second-order valence-corrected chi connectivity index (χ2v) is 7.80. The van der Waals surface area contributed by atoms with Crippen LogP contribution in [-0.2, 0) is 4.79 Å². The molecule has 184 valence electrons. The number of piperazine rings is 1. The van der Waals surface area contributed by atoms with Gasteiger partial charge in [0, 0.05) is 37.8 Å². The molecule has 0 unspecified atom stereocenters. The van der Waals surface area contributed by atoms with Gasteiger partial charge in [0.05, 0.1) is 27.0 Å². The van der Waals surface area contributed by atoms with E-state index in [1.807, 2.05) is 24.3 Å². The minimum atomic E-state index is -0.402. The summed E-state index contributed by atoms with van der Waals surface area (Å²) in [6, 6.07) is 13.2. The van der Waals surface area contributed by atoms with Crippen LogP contribution in [0.25, 0.3) is 11.3 Å². The van der Waals surface area contributed by atoms with E-state index in [4.69, 9.17) is 18.9 Å². The summed E-state index contributed by atoms with van der Waals surface area (Å²) in [4.78, 5) is 16.3. The summed E-state index contributed by atoms with van der Waals surface area (Å²) in [6.07, 6.45) is 0. The molecule has 0 N–H and O–H groups in total. The van der Waals surface area contributed by atoms with Crippen molar-refractivity contribution in [1.29, 1.82) is 0 Å². The van der Waals surface area contributed by atoms with Crippen LogP contribution >= 0.6 is 0 Å². The summed E-state index contributed by atoms with van der Waals surface area (Å²) in [5, 5.41) is 8.77. The maximum atomic E-state index is 13.3. The second kappa shape index (κ2) is 10.9. The Kier molecular flexibility index (Phi) is 7.49. The number of ether oxygens (including phenoxy) is 4. The zero-order valence-corrected chi connectivity index (χ0v) is 19.9. The summed E-state index contributed by atoms with van der Waals surface area (Å²) < 4.78 is 34.9. The van der Waals surface area contributed by atoms with Crippen LogP contribution in [0.15, 0.2) is 48.5 Å². The van der Waals surface area contributed by atoms with Gasteiger partial charge in [0.15, 0.2) is 23.9 Å². The number of carbonyl (C=O) groups is 1. The molecule has 1 amide bonds. The fraction of sp³-hybridized carbons (Fsp3) is 0.320. The van der Waals surface area contributed by atoms with E-state index in [1.54, 1.807) is 38.4 Å². The number of amides is 1. The van der Waals surface area contributed by atoms with E-state index in [1.165, 1.54) is 12.1 Å². The molecule has 0 atom stereocenters. The summed E-state index contributed by atoms with van der Waals surface area (Å²) in [5.74, 6) is 2.10. The van der Waals surface area contributed by atoms with Gasteiger partial charge in [-0.3, -0.25) is 4.79 Å². The standard InChI is InChI=1S/C25H27FN4O5/c1-32-21-13-17(14-22(33-2)25(21)34-3)20-7-8-23(28-27-20)29-9-11-30(12-10-29)24(31)16-35-19-6-4-5-18(26)15-19/h4-8,13-15H,9-12,16H2,1-3H3. The van der Waals surface area contributed by atoms with E-state index in [-0.39, 0.29) is 12.5 Å². The van der Waals surface area contributed by atoms with E-state index in [9.17, 15) is 9.18 Å². The topological polar surface area (TPSA) is 86.3 Å². The number of nitrogens with zero attached hydrogens (tertiary/aromatic N) is 4. The van der Waals surface area contributed by atoms with E-state index in [0.717, 1.165) is 11.4 Å². The number of benzene rings is 2. The predicted octanol–water partition coefficient (Wildman–Crippen LogP) is 3.04. The van der Waals surface area contributed by atoms with Crippen molar-refractivity contribution in [2.45, 2.75) is 0 Å². The second-order valence-electron chi connectivity index (χ2n) is 7.80. The van der Waals surface area contributed by atoms with Crippen molar-refractivity contribution in [3.8, 4) is 34.3 Å². The number of carbonyl (C=O) groups excluding carboxylic acids is 1. The largest absolute Gasteiger partial charge is 0.493 e. The molecule has 0 saturated carbocycles. The minimum absolute atomic E-state index is 0.132. The minimum Gasteiger partial charge on any atom is -0.493 e. The van der Waals surface area contributed by atoms with Crippen molar-refractivity contribution in [3.63, 3.8) is 0 Å². The molecule has 2 heterocycles. The first kappa shape index (κ1) is 24.1. The van der Waals surface area contributed by atoms with Gasteiger partial charge >= 0.3 is 0 Å². The van der Waals surface area contributed by atoms with Gasteiger partial charge in [-0.05, 0) is 36.4 Å². The highest BCUT2D eigenvalue weighted by atomic mass is 19.1. The normalized spacial score (nSPS) is 13.4. The predicted molar refractivity (Wildman–Crippen MR) is 128 cm³/mol.